The lowest BCUT2D eigenvalue weighted by atomic mass is 9.92. The molecule has 0 aromatic carbocycles. The molecule has 1 atom stereocenters. The van der Waals surface area contributed by atoms with Crippen LogP contribution in [-0.2, 0) is 4.79 Å². The lowest BCUT2D eigenvalue weighted by molar-refractivity contribution is -0.141. The van der Waals surface area contributed by atoms with E-state index in [1.807, 2.05) is 4.90 Å². The summed E-state index contributed by atoms with van der Waals surface area (Å²) in [5.41, 5.74) is 6.30. The van der Waals surface area contributed by atoms with Crippen molar-refractivity contribution in [1.29, 1.82) is 0 Å². The highest BCUT2D eigenvalue weighted by atomic mass is 16.2. The van der Waals surface area contributed by atoms with Gasteiger partial charge in [-0.1, -0.05) is 12.8 Å². The summed E-state index contributed by atoms with van der Waals surface area (Å²) in [6.45, 7) is 0.699. The SMILES string of the molecule is NC1(C(=O)N2CCCC[C@H]2c2cc(=O)n3ccnc3[nH]2)CCCC1. The molecule has 7 nitrogen and oxygen atoms in total. The van der Waals surface area contributed by atoms with E-state index in [-0.39, 0.29) is 17.5 Å². The highest BCUT2D eigenvalue weighted by molar-refractivity contribution is 5.87. The van der Waals surface area contributed by atoms with Crippen LogP contribution in [-0.4, -0.2) is 37.3 Å². The zero-order chi connectivity index (χ0) is 16.7. The smallest absolute Gasteiger partial charge is 0.259 e. The molecule has 4 rings (SSSR count). The Labute approximate surface area is 139 Å². The van der Waals surface area contributed by atoms with Gasteiger partial charge in [0.2, 0.25) is 11.7 Å². The summed E-state index contributed by atoms with van der Waals surface area (Å²) >= 11 is 0. The normalized spacial score (nSPS) is 23.7. The van der Waals surface area contributed by atoms with Gasteiger partial charge in [0.1, 0.15) is 0 Å². The van der Waals surface area contributed by atoms with Crippen molar-refractivity contribution in [3.05, 3.63) is 34.5 Å². The molecule has 128 valence electrons. The second-order valence-corrected chi connectivity index (χ2v) is 7.06. The molecule has 0 unspecified atom stereocenters. The number of nitrogens with one attached hydrogen (secondary N) is 1. The minimum absolute atomic E-state index is 0.0359. The second kappa shape index (κ2) is 5.73. The van der Waals surface area contributed by atoms with Crippen molar-refractivity contribution in [1.82, 2.24) is 19.3 Å². The van der Waals surface area contributed by atoms with Crippen LogP contribution in [0.15, 0.2) is 23.3 Å². The molecule has 24 heavy (non-hydrogen) atoms. The van der Waals surface area contributed by atoms with E-state index in [4.69, 9.17) is 5.73 Å². The Kier molecular flexibility index (Phi) is 3.68. The molecular weight excluding hydrogens is 306 g/mol. The van der Waals surface area contributed by atoms with E-state index in [9.17, 15) is 9.59 Å². The number of carbonyl (C=O) groups excluding carboxylic acids is 1. The summed E-state index contributed by atoms with van der Waals surface area (Å²) in [7, 11) is 0. The number of aromatic amines is 1. The number of amides is 1. The molecule has 7 heteroatoms. The van der Waals surface area contributed by atoms with E-state index < -0.39 is 5.54 Å². The lowest BCUT2D eigenvalue weighted by Gasteiger charge is -2.40. The molecule has 1 saturated carbocycles. The number of H-pyrrole nitrogens is 1. The maximum Gasteiger partial charge on any atom is 0.259 e. The largest absolute Gasteiger partial charge is 0.333 e. The molecule has 2 aromatic rings. The van der Waals surface area contributed by atoms with Gasteiger partial charge in [-0.05, 0) is 32.1 Å². The number of imidazole rings is 1. The molecule has 0 spiro atoms. The van der Waals surface area contributed by atoms with Crippen LogP contribution in [0.25, 0.3) is 5.78 Å². The predicted molar refractivity (Wildman–Crippen MR) is 89.5 cm³/mol. The van der Waals surface area contributed by atoms with Gasteiger partial charge >= 0.3 is 0 Å². The molecule has 1 amide bonds. The fraction of sp³-hybridized carbons (Fsp3) is 0.588. The molecule has 0 bridgehead atoms. The summed E-state index contributed by atoms with van der Waals surface area (Å²) in [4.78, 5) is 34.7. The van der Waals surface area contributed by atoms with Crippen molar-refractivity contribution in [2.45, 2.75) is 56.5 Å². The highest BCUT2D eigenvalue weighted by Crippen LogP contribution is 2.35. The van der Waals surface area contributed by atoms with Gasteiger partial charge in [-0.2, -0.15) is 0 Å². The molecule has 1 aliphatic carbocycles. The predicted octanol–water partition coefficient (Wildman–Crippen LogP) is 1.35. The lowest BCUT2D eigenvalue weighted by Crippen LogP contribution is -2.55. The van der Waals surface area contributed by atoms with E-state index in [2.05, 4.69) is 9.97 Å². The number of piperidine rings is 1. The summed E-state index contributed by atoms with van der Waals surface area (Å²) in [6, 6.07) is 1.46. The molecule has 1 aliphatic heterocycles. The zero-order valence-corrected chi connectivity index (χ0v) is 13.7. The van der Waals surface area contributed by atoms with Gasteiger partial charge in [-0.25, -0.2) is 4.98 Å². The van der Waals surface area contributed by atoms with E-state index in [1.165, 1.54) is 4.40 Å². The number of hydrogen-bond acceptors (Lipinski definition) is 4. The van der Waals surface area contributed by atoms with Gasteiger partial charge in [0.25, 0.3) is 5.56 Å². The standard InChI is InChI=1S/C17H23N5O2/c18-17(6-2-3-7-17)15(24)21-9-4-1-5-13(21)12-11-14(23)22-10-8-19-16(22)20-12/h8,10-11,13H,1-7,9,18H2,(H,19,20)/t13-/m0/s1. The number of fused-ring (bicyclic) bond motifs is 1. The third-order valence-electron chi connectivity index (χ3n) is 5.46. The minimum atomic E-state index is -0.729. The Morgan fingerprint density at radius 3 is 2.88 bits per heavy atom. The number of aromatic nitrogens is 3. The Morgan fingerprint density at radius 1 is 1.29 bits per heavy atom. The third-order valence-corrected chi connectivity index (χ3v) is 5.46. The Morgan fingerprint density at radius 2 is 2.08 bits per heavy atom. The van der Waals surface area contributed by atoms with Crippen LogP contribution in [0.4, 0.5) is 0 Å². The van der Waals surface area contributed by atoms with Crippen molar-refractivity contribution in [2.24, 2.45) is 5.73 Å². The number of likely N-dealkylation sites (tertiary alicyclic amines) is 1. The van der Waals surface area contributed by atoms with E-state index in [1.54, 1.807) is 18.5 Å². The molecule has 2 aliphatic rings. The average Bonchev–Trinajstić information content (AvgIpc) is 3.24. The van der Waals surface area contributed by atoms with Crippen LogP contribution in [0.1, 0.15) is 56.7 Å². The van der Waals surface area contributed by atoms with Gasteiger partial charge in [-0.3, -0.25) is 14.0 Å². The molecular formula is C17H23N5O2. The minimum Gasteiger partial charge on any atom is -0.333 e. The van der Waals surface area contributed by atoms with Crippen molar-refractivity contribution >= 4 is 11.7 Å². The summed E-state index contributed by atoms with van der Waals surface area (Å²) in [5.74, 6) is 0.549. The fourth-order valence-corrected chi connectivity index (χ4v) is 4.12. The first-order valence-corrected chi connectivity index (χ1v) is 8.75. The van der Waals surface area contributed by atoms with Crippen molar-refractivity contribution in [2.75, 3.05) is 6.54 Å². The summed E-state index contributed by atoms with van der Waals surface area (Å²) in [6.07, 6.45) is 9.62. The molecule has 3 N–H and O–H groups in total. The Hall–Kier alpha value is -2.15. The molecule has 2 fully saturated rings. The first kappa shape index (κ1) is 15.4. The molecule has 1 saturated heterocycles. The van der Waals surface area contributed by atoms with Crippen molar-refractivity contribution in [3.63, 3.8) is 0 Å². The summed E-state index contributed by atoms with van der Waals surface area (Å²) in [5, 5.41) is 0. The number of hydrogen-bond donors (Lipinski definition) is 2. The van der Waals surface area contributed by atoms with E-state index in [0.717, 1.165) is 50.6 Å². The number of nitrogens with zero attached hydrogens (tertiary/aromatic N) is 3. The third kappa shape index (κ3) is 2.43. The molecule has 2 aromatic heterocycles. The molecule has 3 heterocycles. The first-order chi connectivity index (χ1) is 11.6. The van der Waals surface area contributed by atoms with Crippen LogP contribution in [0.5, 0.6) is 0 Å². The fourth-order valence-electron chi connectivity index (χ4n) is 4.12. The first-order valence-electron chi connectivity index (χ1n) is 8.75. The van der Waals surface area contributed by atoms with Gasteiger partial charge in [0.15, 0.2) is 0 Å². The highest BCUT2D eigenvalue weighted by Gasteiger charge is 2.42. The average molecular weight is 329 g/mol. The van der Waals surface area contributed by atoms with Gasteiger partial charge in [0.05, 0.1) is 11.6 Å². The van der Waals surface area contributed by atoms with Gasteiger partial charge in [-0.15, -0.1) is 0 Å². The zero-order valence-electron chi connectivity index (χ0n) is 13.7. The monoisotopic (exact) mass is 329 g/mol. The van der Waals surface area contributed by atoms with Gasteiger partial charge in [0, 0.05) is 30.7 Å². The summed E-state index contributed by atoms with van der Waals surface area (Å²) < 4.78 is 1.47. The van der Waals surface area contributed by atoms with Crippen molar-refractivity contribution in [3.8, 4) is 0 Å². The quantitative estimate of drug-likeness (QED) is 0.869. The van der Waals surface area contributed by atoms with Crippen molar-refractivity contribution < 1.29 is 4.79 Å². The van der Waals surface area contributed by atoms with Crippen LogP contribution in [0.3, 0.4) is 0 Å². The van der Waals surface area contributed by atoms with Crippen LogP contribution in [0.2, 0.25) is 0 Å². The Bertz CT molecular complexity index is 818. The number of carbonyl (C=O) groups is 1. The maximum absolute atomic E-state index is 13.1. The second-order valence-electron chi connectivity index (χ2n) is 7.06. The Balaban J connectivity index is 1.70. The number of rotatable bonds is 2. The molecule has 0 radical (unpaired) electrons. The van der Waals surface area contributed by atoms with E-state index >= 15 is 0 Å². The van der Waals surface area contributed by atoms with Crippen LogP contribution >= 0.6 is 0 Å². The number of nitrogens with two attached hydrogens (primary N) is 1. The maximum atomic E-state index is 13.1. The topological polar surface area (TPSA) is 96.5 Å². The van der Waals surface area contributed by atoms with E-state index in [0.29, 0.717) is 12.3 Å². The van der Waals surface area contributed by atoms with Gasteiger partial charge < -0.3 is 15.6 Å². The van der Waals surface area contributed by atoms with Crippen LogP contribution < -0.4 is 11.3 Å². The van der Waals surface area contributed by atoms with Crippen LogP contribution in [0, 0.1) is 0 Å².